The van der Waals surface area contributed by atoms with Crippen LogP contribution in [0.5, 0.6) is 0 Å². The average molecular weight is 405 g/mol. The van der Waals surface area contributed by atoms with E-state index in [9.17, 15) is 13.2 Å². The molecule has 0 spiro atoms. The minimum atomic E-state index is -3.55. The Morgan fingerprint density at radius 3 is 2.33 bits per heavy atom. The maximum Gasteiger partial charge on any atom is 0.255 e. The van der Waals surface area contributed by atoms with Crippen LogP contribution >= 0.6 is 11.8 Å². The third-order valence-electron chi connectivity index (χ3n) is 4.82. The van der Waals surface area contributed by atoms with Gasteiger partial charge in [-0.2, -0.15) is 4.31 Å². The molecule has 0 aromatic heterocycles. The van der Waals surface area contributed by atoms with Gasteiger partial charge >= 0.3 is 0 Å². The molecule has 2 aromatic carbocycles. The lowest BCUT2D eigenvalue weighted by molar-refractivity contribution is 0.0694. The van der Waals surface area contributed by atoms with Crippen LogP contribution in [0.25, 0.3) is 0 Å². The van der Waals surface area contributed by atoms with Crippen LogP contribution < -0.4 is 0 Å². The molecule has 0 bridgehead atoms. The molecule has 7 heteroatoms. The van der Waals surface area contributed by atoms with Gasteiger partial charge in [0.15, 0.2) is 0 Å². The van der Waals surface area contributed by atoms with Crippen molar-refractivity contribution in [1.82, 2.24) is 9.21 Å². The van der Waals surface area contributed by atoms with Gasteiger partial charge in [-0.1, -0.05) is 24.3 Å². The molecule has 0 N–H and O–H groups in total. The molecule has 27 heavy (non-hydrogen) atoms. The molecule has 1 amide bonds. The van der Waals surface area contributed by atoms with E-state index < -0.39 is 10.0 Å². The number of rotatable bonds is 4. The van der Waals surface area contributed by atoms with E-state index in [1.54, 1.807) is 11.0 Å². The van der Waals surface area contributed by atoms with Crippen molar-refractivity contribution in [3.8, 4) is 0 Å². The summed E-state index contributed by atoms with van der Waals surface area (Å²) in [5.41, 5.74) is 2.34. The van der Waals surface area contributed by atoms with Gasteiger partial charge in [-0.3, -0.25) is 4.79 Å². The SMILES string of the molecule is CSc1ccccc1C(=O)N1CCN(S(=O)(=O)c2cc(C)ccc2C)CC1. The van der Waals surface area contributed by atoms with E-state index >= 15 is 0 Å². The van der Waals surface area contributed by atoms with Gasteiger partial charge < -0.3 is 4.90 Å². The molecular weight excluding hydrogens is 380 g/mol. The van der Waals surface area contributed by atoms with Gasteiger partial charge in [0.25, 0.3) is 5.91 Å². The van der Waals surface area contributed by atoms with E-state index in [0.29, 0.717) is 36.6 Å². The van der Waals surface area contributed by atoms with Crippen LogP contribution in [0.3, 0.4) is 0 Å². The maximum absolute atomic E-state index is 13.0. The molecule has 0 saturated carbocycles. The summed E-state index contributed by atoms with van der Waals surface area (Å²) in [7, 11) is -3.55. The molecule has 3 rings (SSSR count). The van der Waals surface area contributed by atoms with E-state index in [1.807, 2.05) is 56.5 Å². The minimum Gasteiger partial charge on any atom is -0.336 e. The van der Waals surface area contributed by atoms with Gasteiger partial charge in [-0.15, -0.1) is 11.8 Å². The Balaban J connectivity index is 1.75. The highest BCUT2D eigenvalue weighted by molar-refractivity contribution is 7.98. The van der Waals surface area contributed by atoms with Crippen LogP contribution in [0, 0.1) is 13.8 Å². The topological polar surface area (TPSA) is 57.7 Å². The highest BCUT2D eigenvalue weighted by Crippen LogP contribution is 2.25. The van der Waals surface area contributed by atoms with Gasteiger partial charge in [0.2, 0.25) is 10.0 Å². The smallest absolute Gasteiger partial charge is 0.255 e. The molecule has 1 heterocycles. The van der Waals surface area contributed by atoms with Gasteiger partial charge in [0.1, 0.15) is 0 Å². The largest absolute Gasteiger partial charge is 0.336 e. The lowest BCUT2D eigenvalue weighted by Gasteiger charge is -2.34. The minimum absolute atomic E-state index is 0.0382. The average Bonchev–Trinajstić information content (AvgIpc) is 2.69. The highest BCUT2D eigenvalue weighted by atomic mass is 32.2. The Labute approximate surface area is 165 Å². The first kappa shape index (κ1) is 19.9. The summed E-state index contributed by atoms with van der Waals surface area (Å²) < 4.78 is 27.5. The first-order chi connectivity index (χ1) is 12.8. The number of hydrogen-bond donors (Lipinski definition) is 0. The zero-order valence-electron chi connectivity index (χ0n) is 15.8. The third-order valence-corrected chi connectivity index (χ3v) is 7.66. The molecule has 0 atom stereocenters. The number of carbonyl (C=O) groups excluding carboxylic acids is 1. The summed E-state index contributed by atoms with van der Waals surface area (Å²) in [6, 6.07) is 13.0. The third kappa shape index (κ3) is 4.05. The van der Waals surface area contributed by atoms with Crippen LogP contribution in [0.4, 0.5) is 0 Å². The Morgan fingerprint density at radius 1 is 1.00 bits per heavy atom. The van der Waals surface area contributed by atoms with Crippen molar-refractivity contribution < 1.29 is 13.2 Å². The second-order valence-electron chi connectivity index (χ2n) is 6.67. The quantitative estimate of drug-likeness (QED) is 0.735. The van der Waals surface area contributed by atoms with Crippen LogP contribution in [0.2, 0.25) is 0 Å². The van der Waals surface area contributed by atoms with Crippen molar-refractivity contribution in [1.29, 1.82) is 0 Å². The van der Waals surface area contributed by atoms with Crippen molar-refractivity contribution in [2.24, 2.45) is 0 Å². The molecule has 0 aliphatic carbocycles. The molecule has 0 radical (unpaired) electrons. The lowest BCUT2D eigenvalue weighted by atomic mass is 10.2. The maximum atomic E-state index is 13.0. The Bertz CT molecular complexity index is 949. The number of thioether (sulfide) groups is 1. The van der Waals surface area contributed by atoms with Gasteiger partial charge in [0, 0.05) is 31.1 Å². The number of aryl methyl sites for hydroxylation is 2. The number of hydrogen-bond acceptors (Lipinski definition) is 4. The molecule has 1 aliphatic heterocycles. The predicted molar refractivity (Wildman–Crippen MR) is 109 cm³/mol. The summed E-state index contributed by atoms with van der Waals surface area (Å²) in [6.45, 7) is 5.10. The summed E-state index contributed by atoms with van der Waals surface area (Å²) in [5.74, 6) is -0.0382. The molecule has 0 unspecified atom stereocenters. The number of amides is 1. The van der Waals surface area contributed by atoms with E-state index in [0.717, 1.165) is 16.0 Å². The van der Waals surface area contributed by atoms with Gasteiger partial charge in [-0.25, -0.2) is 8.42 Å². The number of nitrogens with zero attached hydrogens (tertiary/aromatic N) is 2. The number of sulfonamides is 1. The van der Waals surface area contributed by atoms with Gasteiger partial charge in [0.05, 0.1) is 10.5 Å². The second-order valence-corrected chi connectivity index (χ2v) is 9.42. The molecular formula is C20H24N2O3S2. The molecule has 1 fully saturated rings. The standard InChI is InChI=1S/C20H24N2O3S2/c1-15-8-9-16(2)19(14-15)27(24,25)22-12-10-21(11-13-22)20(23)17-6-4-5-7-18(17)26-3/h4-9,14H,10-13H2,1-3H3. The fourth-order valence-corrected chi connectivity index (χ4v) is 5.57. The first-order valence-corrected chi connectivity index (χ1v) is 11.5. The Hall–Kier alpha value is -1.83. The lowest BCUT2D eigenvalue weighted by Crippen LogP contribution is -2.50. The van der Waals surface area contributed by atoms with Crippen molar-refractivity contribution in [2.75, 3.05) is 32.4 Å². The van der Waals surface area contributed by atoms with Crippen LogP contribution in [-0.2, 0) is 10.0 Å². The molecule has 1 saturated heterocycles. The van der Waals surface area contributed by atoms with Crippen LogP contribution in [-0.4, -0.2) is 56.0 Å². The molecule has 2 aromatic rings. The normalized spacial score (nSPS) is 15.7. The summed E-state index contributed by atoms with van der Waals surface area (Å²) in [6.07, 6.45) is 1.95. The second kappa shape index (κ2) is 8.04. The fraction of sp³-hybridized carbons (Fsp3) is 0.350. The molecule has 1 aliphatic rings. The summed E-state index contributed by atoms with van der Waals surface area (Å²) in [4.78, 5) is 15.9. The van der Waals surface area contributed by atoms with Crippen molar-refractivity contribution >= 4 is 27.7 Å². The number of benzene rings is 2. The fourth-order valence-electron chi connectivity index (χ4n) is 3.25. The Kier molecular flexibility index (Phi) is 5.93. The Morgan fingerprint density at radius 2 is 1.67 bits per heavy atom. The highest BCUT2D eigenvalue weighted by Gasteiger charge is 2.31. The predicted octanol–water partition coefficient (Wildman–Crippen LogP) is 3.17. The van der Waals surface area contributed by atoms with Crippen molar-refractivity contribution in [3.63, 3.8) is 0 Å². The van der Waals surface area contributed by atoms with E-state index in [-0.39, 0.29) is 5.91 Å². The zero-order valence-corrected chi connectivity index (χ0v) is 17.4. The number of piperazine rings is 1. The van der Waals surface area contributed by atoms with E-state index in [1.165, 1.54) is 16.1 Å². The van der Waals surface area contributed by atoms with E-state index in [2.05, 4.69) is 0 Å². The first-order valence-electron chi connectivity index (χ1n) is 8.84. The summed E-state index contributed by atoms with van der Waals surface area (Å²) in [5, 5.41) is 0. The van der Waals surface area contributed by atoms with Crippen molar-refractivity contribution in [2.45, 2.75) is 23.6 Å². The summed E-state index contributed by atoms with van der Waals surface area (Å²) >= 11 is 1.54. The van der Waals surface area contributed by atoms with Crippen LogP contribution in [0.15, 0.2) is 52.3 Å². The molecule has 144 valence electrons. The monoisotopic (exact) mass is 404 g/mol. The molecule has 5 nitrogen and oxygen atoms in total. The van der Waals surface area contributed by atoms with Crippen LogP contribution in [0.1, 0.15) is 21.5 Å². The van der Waals surface area contributed by atoms with E-state index in [4.69, 9.17) is 0 Å². The zero-order chi connectivity index (χ0) is 19.6. The van der Waals surface area contributed by atoms with Gasteiger partial charge in [-0.05, 0) is 49.4 Å². The number of carbonyl (C=O) groups is 1. The van der Waals surface area contributed by atoms with Crippen molar-refractivity contribution in [3.05, 3.63) is 59.2 Å².